The van der Waals surface area contributed by atoms with E-state index < -0.39 is 16.1 Å². The second kappa shape index (κ2) is 11.7. The number of hydrogen-bond acceptors (Lipinski definition) is 7. The molecular weight excluding hydrogens is 539 g/mol. The molecule has 3 aromatic rings. The highest BCUT2D eigenvalue weighted by molar-refractivity contribution is 8.18. The molecule has 1 aliphatic rings. The van der Waals surface area contributed by atoms with Crippen LogP contribution in [0.4, 0.5) is 10.5 Å². The van der Waals surface area contributed by atoms with Crippen LogP contribution in [-0.2, 0) is 17.9 Å². The number of nitrogens with zero attached hydrogens (tertiary/aromatic N) is 2. The molecule has 37 heavy (non-hydrogen) atoms. The molecule has 0 saturated carbocycles. The zero-order valence-electron chi connectivity index (χ0n) is 19.5. The number of amides is 2. The van der Waals surface area contributed by atoms with Crippen molar-refractivity contribution in [2.75, 3.05) is 6.61 Å². The molecule has 0 N–H and O–H groups in total. The molecule has 8 nitrogen and oxygen atoms in total. The van der Waals surface area contributed by atoms with Crippen LogP contribution < -0.4 is 9.47 Å². The second-order valence-electron chi connectivity index (χ2n) is 7.83. The van der Waals surface area contributed by atoms with Gasteiger partial charge in [0.25, 0.3) is 16.8 Å². The van der Waals surface area contributed by atoms with E-state index in [1.165, 1.54) is 24.3 Å². The van der Waals surface area contributed by atoms with Crippen molar-refractivity contribution in [3.05, 3.63) is 102 Å². The smallest absolute Gasteiger partial charge is 0.293 e. The van der Waals surface area contributed by atoms with Gasteiger partial charge in [-0.25, -0.2) is 0 Å². The molecule has 0 atom stereocenters. The summed E-state index contributed by atoms with van der Waals surface area (Å²) < 4.78 is 11.6. The summed E-state index contributed by atoms with van der Waals surface area (Å²) in [5.74, 6) is 0.256. The van der Waals surface area contributed by atoms with Crippen molar-refractivity contribution in [1.82, 2.24) is 4.90 Å². The number of hydrogen-bond donors (Lipinski definition) is 0. The van der Waals surface area contributed by atoms with E-state index in [1.807, 2.05) is 25.1 Å². The minimum Gasteiger partial charge on any atom is -0.490 e. The third-order valence-corrected chi connectivity index (χ3v) is 6.88. The van der Waals surface area contributed by atoms with Crippen molar-refractivity contribution in [3.63, 3.8) is 0 Å². The van der Waals surface area contributed by atoms with Crippen molar-refractivity contribution < 1.29 is 24.0 Å². The van der Waals surface area contributed by atoms with Gasteiger partial charge < -0.3 is 9.47 Å². The molecule has 0 radical (unpaired) electrons. The van der Waals surface area contributed by atoms with Crippen LogP contribution in [0.25, 0.3) is 6.08 Å². The van der Waals surface area contributed by atoms with Crippen LogP contribution in [-0.4, -0.2) is 27.6 Å². The van der Waals surface area contributed by atoms with E-state index in [-0.39, 0.29) is 28.8 Å². The van der Waals surface area contributed by atoms with Crippen LogP contribution in [0.5, 0.6) is 11.5 Å². The van der Waals surface area contributed by atoms with E-state index >= 15 is 0 Å². The maximum atomic E-state index is 13.0. The molecule has 4 rings (SSSR count). The van der Waals surface area contributed by atoms with E-state index in [9.17, 15) is 19.7 Å². The van der Waals surface area contributed by atoms with Gasteiger partial charge in [-0.2, -0.15) is 0 Å². The minimum atomic E-state index is -0.512. The molecule has 11 heteroatoms. The van der Waals surface area contributed by atoms with Crippen molar-refractivity contribution in [1.29, 1.82) is 0 Å². The molecule has 0 spiro atoms. The lowest BCUT2D eigenvalue weighted by Gasteiger charge is -2.15. The number of nitro groups is 1. The Kier molecular flexibility index (Phi) is 8.38. The number of non-ortho nitro benzene ring substituents is 1. The lowest BCUT2D eigenvalue weighted by atomic mass is 10.1. The minimum absolute atomic E-state index is 0.000222. The van der Waals surface area contributed by atoms with Gasteiger partial charge in [-0.3, -0.25) is 24.6 Å². The number of carbonyl (C=O) groups is 2. The van der Waals surface area contributed by atoms with Gasteiger partial charge in [-0.15, -0.1) is 0 Å². The number of thioether (sulfide) groups is 1. The maximum Gasteiger partial charge on any atom is 0.293 e. The van der Waals surface area contributed by atoms with Gasteiger partial charge in [-0.1, -0.05) is 53.5 Å². The Morgan fingerprint density at radius 2 is 1.76 bits per heavy atom. The number of halogens is 2. The molecule has 1 heterocycles. The van der Waals surface area contributed by atoms with E-state index in [0.717, 1.165) is 22.2 Å². The second-order valence-corrected chi connectivity index (χ2v) is 9.64. The zero-order valence-corrected chi connectivity index (χ0v) is 21.8. The molecule has 2 amide bonds. The fourth-order valence-corrected chi connectivity index (χ4v) is 4.84. The Labute approximate surface area is 226 Å². The summed E-state index contributed by atoms with van der Waals surface area (Å²) in [5, 5.41) is 11.2. The SMILES string of the molecule is CCOc1cc(/C=C2\SC(=O)N(Cc3ccc([N+](=O)[O-])cc3)C2=O)cc(Cl)c1OCc1ccccc1Cl. The van der Waals surface area contributed by atoms with Gasteiger partial charge in [0.05, 0.1) is 28.0 Å². The lowest BCUT2D eigenvalue weighted by Crippen LogP contribution is -2.27. The van der Waals surface area contributed by atoms with Gasteiger partial charge in [0, 0.05) is 22.7 Å². The Bertz CT molecular complexity index is 1390. The van der Waals surface area contributed by atoms with Crippen LogP contribution >= 0.6 is 35.0 Å². The van der Waals surface area contributed by atoms with Crippen LogP contribution in [0.1, 0.15) is 23.6 Å². The predicted molar refractivity (Wildman–Crippen MR) is 143 cm³/mol. The molecule has 0 aromatic heterocycles. The molecule has 0 unspecified atom stereocenters. The van der Waals surface area contributed by atoms with Crippen LogP contribution in [0, 0.1) is 10.1 Å². The van der Waals surface area contributed by atoms with Gasteiger partial charge >= 0.3 is 0 Å². The first-order valence-corrected chi connectivity index (χ1v) is 12.6. The highest BCUT2D eigenvalue weighted by Crippen LogP contribution is 2.40. The Morgan fingerprint density at radius 1 is 1.03 bits per heavy atom. The molecule has 1 fully saturated rings. The number of imide groups is 1. The van der Waals surface area contributed by atoms with E-state index in [0.29, 0.717) is 34.3 Å². The first-order valence-electron chi connectivity index (χ1n) is 11.1. The average Bonchev–Trinajstić information content (AvgIpc) is 3.12. The quantitative estimate of drug-likeness (QED) is 0.156. The fourth-order valence-electron chi connectivity index (χ4n) is 3.53. The molecule has 0 aliphatic carbocycles. The molecule has 0 bridgehead atoms. The van der Waals surface area contributed by atoms with Crippen LogP contribution in [0.15, 0.2) is 65.6 Å². The normalized spacial score (nSPS) is 14.4. The summed E-state index contributed by atoms with van der Waals surface area (Å²) in [5.41, 5.74) is 1.86. The van der Waals surface area contributed by atoms with E-state index in [2.05, 4.69) is 0 Å². The summed E-state index contributed by atoms with van der Waals surface area (Å²) in [4.78, 5) is 37.1. The Balaban J connectivity index is 1.54. The highest BCUT2D eigenvalue weighted by atomic mass is 35.5. The fraction of sp³-hybridized carbons (Fsp3) is 0.154. The van der Waals surface area contributed by atoms with Crippen molar-refractivity contribution in [2.24, 2.45) is 0 Å². The van der Waals surface area contributed by atoms with E-state index in [1.54, 1.807) is 24.3 Å². The van der Waals surface area contributed by atoms with Crippen LogP contribution in [0.2, 0.25) is 10.0 Å². The standard InChI is InChI=1S/C26H20Cl2N2O6S/c1-2-35-22-12-17(11-21(28)24(22)36-15-18-5-3-4-6-20(18)27)13-23-25(31)29(26(32)37-23)14-16-7-9-19(10-8-16)30(33)34/h3-13H,2,14-15H2,1H3/b23-13-. The van der Waals surface area contributed by atoms with Crippen molar-refractivity contribution >= 4 is 57.9 Å². The van der Waals surface area contributed by atoms with Crippen LogP contribution in [0.3, 0.4) is 0 Å². The van der Waals surface area contributed by atoms with Crippen molar-refractivity contribution in [3.8, 4) is 11.5 Å². The summed E-state index contributed by atoms with van der Waals surface area (Å²) in [6, 6.07) is 16.3. The lowest BCUT2D eigenvalue weighted by molar-refractivity contribution is -0.384. The maximum absolute atomic E-state index is 13.0. The molecule has 190 valence electrons. The zero-order chi connectivity index (χ0) is 26.5. The highest BCUT2D eigenvalue weighted by Gasteiger charge is 2.35. The first kappa shape index (κ1) is 26.5. The number of ether oxygens (including phenoxy) is 2. The summed E-state index contributed by atoms with van der Waals surface area (Å²) in [7, 11) is 0. The number of rotatable bonds is 9. The van der Waals surface area contributed by atoms with Crippen molar-refractivity contribution in [2.45, 2.75) is 20.1 Å². The number of benzene rings is 3. The van der Waals surface area contributed by atoms with E-state index in [4.69, 9.17) is 32.7 Å². The van der Waals surface area contributed by atoms with Gasteiger partial charge in [0.2, 0.25) is 0 Å². The van der Waals surface area contributed by atoms with Gasteiger partial charge in [-0.05, 0) is 54.1 Å². The summed E-state index contributed by atoms with van der Waals surface area (Å²) >= 11 is 13.5. The largest absolute Gasteiger partial charge is 0.490 e. The third kappa shape index (κ3) is 6.25. The number of carbonyl (C=O) groups excluding carboxylic acids is 2. The average molecular weight is 559 g/mol. The summed E-state index contributed by atoms with van der Waals surface area (Å²) in [6.45, 7) is 2.36. The topological polar surface area (TPSA) is 99.0 Å². The van der Waals surface area contributed by atoms with Gasteiger partial charge in [0.1, 0.15) is 6.61 Å². The summed E-state index contributed by atoms with van der Waals surface area (Å²) in [6.07, 6.45) is 1.56. The molecule has 3 aromatic carbocycles. The molecule has 1 aliphatic heterocycles. The Hall–Kier alpha value is -3.53. The number of nitro benzene ring substituents is 1. The first-order chi connectivity index (χ1) is 17.8. The monoisotopic (exact) mass is 558 g/mol. The predicted octanol–water partition coefficient (Wildman–Crippen LogP) is 7.12. The van der Waals surface area contributed by atoms with Gasteiger partial charge in [0.15, 0.2) is 11.5 Å². The third-order valence-electron chi connectivity index (χ3n) is 5.32. The molecule has 1 saturated heterocycles. The Morgan fingerprint density at radius 3 is 2.43 bits per heavy atom. The molecular formula is C26H20Cl2N2O6S.